The van der Waals surface area contributed by atoms with Crippen molar-refractivity contribution in [2.75, 3.05) is 6.61 Å². The highest BCUT2D eigenvalue weighted by molar-refractivity contribution is 5.19. The van der Waals surface area contributed by atoms with E-state index in [0.29, 0.717) is 0 Å². The minimum absolute atomic E-state index is 0.447. The van der Waals surface area contributed by atoms with Gasteiger partial charge in [-0.3, -0.25) is 0 Å². The molecular weight excluding hydrogens is 362 g/mol. The van der Waals surface area contributed by atoms with E-state index in [4.69, 9.17) is 0 Å². The van der Waals surface area contributed by atoms with Crippen LogP contribution in [-0.2, 0) is 4.74 Å². The summed E-state index contributed by atoms with van der Waals surface area (Å²) in [6.45, 7) is -2.13. The Morgan fingerprint density at radius 3 is 1.58 bits per heavy atom. The Kier molecular flexibility index (Phi) is 5.79. The Balaban J connectivity index is 3.19. The third kappa shape index (κ3) is 4.99. The Hall–Kier alpha value is -1.52. The molecule has 0 bridgehead atoms. The Bertz CT molecular complexity index is 502. The molecule has 1 aromatic rings. The van der Waals surface area contributed by atoms with Gasteiger partial charge in [-0.1, -0.05) is 30.3 Å². The normalized spacial score (nSPS) is 15.4. The first-order valence-corrected chi connectivity index (χ1v) is 6.23. The molecule has 0 aliphatic carbocycles. The van der Waals surface area contributed by atoms with Gasteiger partial charge in [0.2, 0.25) is 0 Å². The van der Waals surface area contributed by atoms with E-state index >= 15 is 0 Å². The van der Waals surface area contributed by atoms with Gasteiger partial charge >= 0.3 is 24.2 Å². The zero-order chi connectivity index (χ0) is 18.8. The first-order valence-electron chi connectivity index (χ1n) is 6.23. The van der Waals surface area contributed by atoms with Crippen molar-refractivity contribution >= 4 is 0 Å². The molecule has 0 spiro atoms. The van der Waals surface area contributed by atoms with E-state index in [0.717, 1.165) is 24.3 Å². The van der Waals surface area contributed by atoms with E-state index in [-0.39, 0.29) is 0 Å². The highest BCUT2D eigenvalue weighted by Crippen LogP contribution is 2.51. The Labute approximate surface area is 129 Å². The predicted molar refractivity (Wildman–Crippen MR) is 61.8 cm³/mol. The van der Waals surface area contributed by atoms with Gasteiger partial charge in [-0.05, 0) is 5.56 Å². The van der Waals surface area contributed by atoms with Crippen molar-refractivity contribution in [1.82, 2.24) is 0 Å². The topological polar surface area (TPSA) is 9.23 Å². The zero-order valence-electron chi connectivity index (χ0n) is 11.6. The Morgan fingerprint density at radius 2 is 1.21 bits per heavy atom. The second-order valence-corrected chi connectivity index (χ2v) is 4.83. The largest absolute Gasteiger partial charge is 0.431 e. The predicted octanol–water partition coefficient (Wildman–Crippen LogP) is 5.53. The molecule has 0 aliphatic heterocycles. The van der Waals surface area contributed by atoms with Crippen LogP contribution in [0.25, 0.3) is 0 Å². The lowest BCUT2D eigenvalue weighted by molar-refractivity contribution is -0.349. The molecule has 1 nitrogen and oxygen atoms in total. The molecule has 1 aromatic carbocycles. The number of alkyl halides is 10. The maximum atomic E-state index is 13.8. The summed E-state index contributed by atoms with van der Waals surface area (Å²) in [5.74, 6) is 0. The molecule has 1 unspecified atom stereocenters. The first kappa shape index (κ1) is 20.5. The Morgan fingerprint density at radius 1 is 0.750 bits per heavy atom. The number of halogens is 10. The summed E-state index contributed by atoms with van der Waals surface area (Å²) in [6.07, 6.45) is -22.6. The molecular formula is C13H10F10O. The molecule has 0 radical (unpaired) electrons. The summed E-state index contributed by atoms with van der Waals surface area (Å²) >= 11 is 0. The van der Waals surface area contributed by atoms with Crippen LogP contribution in [0.2, 0.25) is 0 Å². The smallest absolute Gasteiger partial charge is 0.364 e. The highest BCUT2D eigenvalue weighted by atomic mass is 19.4. The van der Waals surface area contributed by atoms with E-state index in [2.05, 4.69) is 4.74 Å². The fourth-order valence-electron chi connectivity index (χ4n) is 1.78. The summed E-state index contributed by atoms with van der Waals surface area (Å²) < 4.78 is 130. The molecule has 0 fully saturated rings. The van der Waals surface area contributed by atoms with Gasteiger partial charge in [0, 0.05) is 6.42 Å². The molecule has 0 saturated carbocycles. The minimum Gasteiger partial charge on any atom is -0.364 e. The van der Waals surface area contributed by atoms with Gasteiger partial charge in [0.1, 0.15) is 6.61 Å². The highest BCUT2D eigenvalue weighted by Gasteiger charge is 2.72. The van der Waals surface area contributed by atoms with Crippen LogP contribution >= 0.6 is 0 Å². The van der Waals surface area contributed by atoms with Gasteiger partial charge in [0.25, 0.3) is 0 Å². The number of rotatable bonds is 5. The van der Waals surface area contributed by atoms with Crippen LogP contribution in [0.1, 0.15) is 18.1 Å². The minimum atomic E-state index is -6.38. The van der Waals surface area contributed by atoms with E-state index in [1.165, 1.54) is 6.07 Å². The fourth-order valence-corrected chi connectivity index (χ4v) is 1.78. The number of hydrogen-bond donors (Lipinski definition) is 0. The lowest BCUT2D eigenvalue weighted by Gasteiger charge is -2.33. The van der Waals surface area contributed by atoms with Crippen LogP contribution in [0.5, 0.6) is 0 Å². The summed E-state index contributed by atoms with van der Waals surface area (Å²) in [5, 5.41) is 0. The molecule has 0 heterocycles. The van der Waals surface area contributed by atoms with Gasteiger partial charge in [0.05, 0.1) is 6.10 Å². The zero-order valence-corrected chi connectivity index (χ0v) is 11.6. The van der Waals surface area contributed by atoms with Gasteiger partial charge in [-0.15, -0.1) is 0 Å². The second-order valence-electron chi connectivity index (χ2n) is 4.83. The van der Waals surface area contributed by atoms with Crippen LogP contribution < -0.4 is 0 Å². The van der Waals surface area contributed by atoms with E-state index in [1.54, 1.807) is 0 Å². The van der Waals surface area contributed by atoms with Crippen molar-refractivity contribution in [3.63, 3.8) is 0 Å². The maximum absolute atomic E-state index is 13.8. The van der Waals surface area contributed by atoms with Gasteiger partial charge < -0.3 is 4.74 Å². The standard InChI is InChI=1S/C13H10F10O/c14-10(12(18,19)20,13(21,22)23)6-9(24-7-11(15,16)17)8-4-2-1-3-5-8/h1-5,9H,6-7H2. The first-order chi connectivity index (χ1) is 10.7. The molecule has 0 aromatic heterocycles. The summed E-state index contributed by atoms with van der Waals surface area (Å²) in [4.78, 5) is 0. The molecule has 0 saturated heterocycles. The lowest BCUT2D eigenvalue weighted by atomic mass is 9.92. The summed E-state index contributed by atoms with van der Waals surface area (Å²) in [7, 11) is 0. The molecule has 0 N–H and O–H groups in total. The summed E-state index contributed by atoms with van der Waals surface area (Å²) in [6, 6.07) is 5.50. The molecule has 0 amide bonds. The van der Waals surface area contributed by atoms with Crippen LogP contribution in [0, 0.1) is 0 Å². The van der Waals surface area contributed by atoms with Crippen molar-refractivity contribution in [2.45, 2.75) is 36.7 Å². The molecule has 1 rings (SSSR count). The third-order valence-electron chi connectivity index (χ3n) is 2.98. The molecule has 0 aliphatic rings. The van der Waals surface area contributed by atoms with Crippen molar-refractivity contribution in [1.29, 1.82) is 0 Å². The van der Waals surface area contributed by atoms with Crippen molar-refractivity contribution in [2.24, 2.45) is 0 Å². The SMILES string of the molecule is FC(F)(F)COC(CC(F)(C(F)(F)F)C(F)(F)F)c1ccccc1. The van der Waals surface area contributed by atoms with E-state index < -0.39 is 48.9 Å². The molecule has 138 valence electrons. The van der Waals surface area contributed by atoms with Crippen molar-refractivity contribution in [3.05, 3.63) is 35.9 Å². The number of benzene rings is 1. The molecule has 11 heteroatoms. The van der Waals surface area contributed by atoms with Gasteiger partial charge in [-0.2, -0.15) is 39.5 Å². The second kappa shape index (κ2) is 6.77. The van der Waals surface area contributed by atoms with Crippen LogP contribution in [0.3, 0.4) is 0 Å². The average Bonchev–Trinajstić information content (AvgIpc) is 2.40. The van der Waals surface area contributed by atoms with Crippen LogP contribution in [0.4, 0.5) is 43.9 Å². The maximum Gasteiger partial charge on any atom is 0.431 e. The average molecular weight is 372 g/mol. The van der Waals surface area contributed by atoms with Gasteiger partial charge in [-0.25, -0.2) is 4.39 Å². The quantitative estimate of drug-likeness (QED) is 0.618. The van der Waals surface area contributed by atoms with Gasteiger partial charge in [0.15, 0.2) is 0 Å². The fraction of sp³-hybridized carbons (Fsp3) is 0.538. The molecule has 1 atom stereocenters. The number of ether oxygens (including phenoxy) is 1. The van der Waals surface area contributed by atoms with E-state index in [1.807, 2.05) is 0 Å². The molecule has 24 heavy (non-hydrogen) atoms. The summed E-state index contributed by atoms with van der Waals surface area (Å²) in [5.41, 5.74) is -6.16. The van der Waals surface area contributed by atoms with Crippen LogP contribution in [0.15, 0.2) is 30.3 Å². The lowest BCUT2D eigenvalue weighted by Crippen LogP contribution is -2.54. The monoisotopic (exact) mass is 372 g/mol. The van der Waals surface area contributed by atoms with Crippen molar-refractivity contribution in [3.8, 4) is 0 Å². The van der Waals surface area contributed by atoms with E-state index in [9.17, 15) is 43.9 Å². The van der Waals surface area contributed by atoms with Crippen molar-refractivity contribution < 1.29 is 48.6 Å². The number of hydrogen-bond acceptors (Lipinski definition) is 1. The third-order valence-corrected chi connectivity index (χ3v) is 2.98. The van der Waals surface area contributed by atoms with Crippen LogP contribution in [-0.4, -0.2) is 30.8 Å².